The molecule has 2 atom stereocenters. The van der Waals surface area contributed by atoms with Gasteiger partial charge in [0.15, 0.2) is 0 Å². The second-order valence-corrected chi connectivity index (χ2v) is 6.93. The Labute approximate surface area is 144 Å². The van der Waals surface area contributed by atoms with Crippen LogP contribution in [0.15, 0.2) is 29.6 Å². The van der Waals surface area contributed by atoms with Gasteiger partial charge in [0.25, 0.3) is 5.91 Å². The van der Waals surface area contributed by atoms with Gasteiger partial charge in [-0.3, -0.25) is 4.79 Å². The van der Waals surface area contributed by atoms with Crippen molar-refractivity contribution in [2.45, 2.75) is 19.6 Å². The lowest BCUT2D eigenvalue weighted by atomic mass is 10.1. The minimum Gasteiger partial charge on any atom is -0.487 e. The summed E-state index contributed by atoms with van der Waals surface area (Å²) in [6.45, 7) is 4.10. The van der Waals surface area contributed by atoms with Crippen molar-refractivity contribution in [2.24, 2.45) is 5.92 Å². The van der Waals surface area contributed by atoms with E-state index in [4.69, 9.17) is 4.74 Å². The third-order valence-corrected chi connectivity index (χ3v) is 4.80. The summed E-state index contributed by atoms with van der Waals surface area (Å²) < 4.78 is 5.71. The number of aliphatic hydroxyl groups is 1. The van der Waals surface area contributed by atoms with Gasteiger partial charge in [0.05, 0.1) is 16.8 Å². The second kappa shape index (κ2) is 7.74. The highest BCUT2D eigenvalue weighted by atomic mass is 32.1. The van der Waals surface area contributed by atoms with E-state index >= 15 is 0 Å². The summed E-state index contributed by atoms with van der Waals surface area (Å²) in [5.41, 5.74) is 1.43. The van der Waals surface area contributed by atoms with E-state index in [1.807, 2.05) is 18.4 Å². The molecule has 0 spiro atoms. The van der Waals surface area contributed by atoms with Crippen LogP contribution in [0.3, 0.4) is 0 Å². The summed E-state index contributed by atoms with van der Waals surface area (Å²) in [6, 6.07) is 7.08. The van der Waals surface area contributed by atoms with Crippen molar-refractivity contribution >= 4 is 17.2 Å². The first kappa shape index (κ1) is 16.9. The zero-order chi connectivity index (χ0) is 16.9. The number of nitrogens with one attached hydrogen (secondary N) is 2. The number of nitrogens with zero attached hydrogens (tertiary/aromatic N) is 1. The number of aromatic nitrogens is 1. The molecule has 1 saturated heterocycles. The topological polar surface area (TPSA) is 83.5 Å². The number of rotatable bonds is 6. The van der Waals surface area contributed by atoms with E-state index in [2.05, 4.69) is 15.6 Å². The van der Waals surface area contributed by atoms with Gasteiger partial charge in [-0.1, -0.05) is 6.07 Å². The highest BCUT2D eigenvalue weighted by Gasteiger charge is 2.25. The van der Waals surface area contributed by atoms with Crippen molar-refractivity contribution in [3.63, 3.8) is 0 Å². The lowest BCUT2D eigenvalue weighted by Gasteiger charge is -2.14. The van der Waals surface area contributed by atoms with Gasteiger partial charge >= 0.3 is 0 Å². The first-order valence-electron chi connectivity index (χ1n) is 7.92. The van der Waals surface area contributed by atoms with Crippen LogP contribution < -0.4 is 15.4 Å². The number of benzene rings is 1. The molecule has 3 N–H and O–H groups in total. The normalized spacial score (nSPS) is 20.1. The number of thiazole rings is 1. The molecular weight excluding hydrogens is 326 g/mol. The lowest BCUT2D eigenvalue weighted by molar-refractivity contribution is 0.0926. The maximum atomic E-state index is 12.3. The number of hydrogen-bond acceptors (Lipinski definition) is 6. The maximum Gasteiger partial charge on any atom is 0.251 e. The maximum absolute atomic E-state index is 12.3. The summed E-state index contributed by atoms with van der Waals surface area (Å²) >= 11 is 1.59. The van der Waals surface area contributed by atoms with Gasteiger partial charge < -0.3 is 20.5 Å². The van der Waals surface area contributed by atoms with Crippen molar-refractivity contribution in [2.75, 3.05) is 19.6 Å². The molecule has 128 valence electrons. The van der Waals surface area contributed by atoms with Crippen LogP contribution >= 0.6 is 11.3 Å². The van der Waals surface area contributed by atoms with Gasteiger partial charge in [0.1, 0.15) is 12.4 Å². The molecule has 1 aliphatic rings. The summed E-state index contributed by atoms with van der Waals surface area (Å²) in [6.07, 6.45) is -0.401. The van der Waals surface area contributed by atoms with Gasteiger partial charge in [0.2, 0.25) is 0 Å². The summed E-state index contributed by atoms with van der Waals surface area (Å²) in [7, 11) is 0. The van der Waals surface area contributed by atoms with E-state index in [0.29, 0.717) is 31.0 Å². The van der Waals surface area contributed by atoms with E-state index in [9.17, 15) is 9.90 Å². The smallest absolute Gasteiger partial charge is 0.251 e. The van der Waals surface area contributed by atoms with Gasteiger partial charge in [-0.15, -0.1) is 11.3 Å². The molecule has 7 heteroatoms. The van der Waals surface area contributed by atoms with Crippen molar-refractivity contribution in [1.29, 1.82) is 0 Å². The van der Waals surface area contributed by atoms with Crippen molar-refractivity contribution in [1.82, 2.24) is 15.6 Å². The van der Waals surface area contributed by atoms with E-state index in [-0.39, 0.29) is 11.8 Å². The van der Waals surface area contributed by atoms with Crippen LogP contribution in [0.1, 0.15) is 21.1 Å². The SMILES string of the molecule is Cc1nc(COc2cccc(C(=O)NCC3CNCC3O)c2)cs1. The van der Waals surface area contributed by atoms with Crippen LogP contribution in [-0.4, -0.2) is 41.7 Å². The fraction of sp³-hybridized carbons (Fsp3) is 0.412. The first-order chi connectivity index (χ1) is 11.6. The monoisotopic (exact) mass is 347 g/mol. The van der Waals surface area contributed by atoms with Gasteiger partial charge in [-0.05, 0) is 25.1 Å². The van der Waals surface area contributed by atoms with Crippen LogP contribution in [0.25, 0.3) is 0 Å². The number of carbonyl (C=O) groups is 1. The Morgan fingerprint density at radius 3 is 3.08 bits per heavy atom. The molecule has 1 aliphatic heterocycles. The number of aliphatic hydroxyl groups excluding tert-OH is 1. The number of aryl methyl sites for hydroxylation is 1. The Kier molecular flexibility index (Phi) is 5.44. The van der Waals surface area contributed by atoms with Gasteiger partial charge in [-0.2, -0.15) is 0 Å². The van der Waals surface area contributed by atoms with Crippen LogP contribution in [0.4, 0.5) is 0 Å². The van der Waals surface area contributed by atoms with Crippen molar-refractivity contribution in [3.8, 4) is 5.75 Å². The molecule has 0 aliphatic carbocycles. The third kappa shape index (κ3) is 4.31. The molecule has 24 heavy (non-hydrogen) atoms. The molecule has 2 unspecified atom stereocenters. The van der Waals surface area contributed by atoms with E-state index < -0.39 is 6.10 Å². The molecular formula is C17H21N3O3S. The zero-order valence-corrected chi connectivity index (χ0v) is 14.3. The quantitative estimate of drug-likeness (QED) is 0.734. The Morgan fingerprint density at radius 2 is 2.38 bits per heavy atom. The molecule has 2 heterocycles. The Bertz CT molecular complexity index is 704. The van der Waals surface area contributed by atoms with Crippen molar-refractivity contribution < 1.29 is 14.6 Å². The molecule has 0 bridgehead atoms. The summed E-state index contributed by atoms with van der Waals surface area (Å²) in [5.74, 6) is 0.529. The second-order valence-electron chi connectivity index (χ2n) is 5.87. The fourth-order valence-electron chi connectivity index (χ4n) is 2.61. The minimum absolute atomic E-state index is 0.0567. The highest BCUT2D eigenvalue weighted by molar-refractivity contribution is 7.09. The molecule has 3 rings (SSSR count). The number of hydrogen-bond donors (Lipinski definition) is 3. The number of β-amino-alcohol motifs (C(OH)–C–C–N with tert-alkyl or cyclic N) is 1. The van der Waals surface area contributed by atoms with Gasteiger partial charge in [0, 0.05) is 36.5 Å². The van der Waals surface area contributed by atoms with E-state index in [1.54, 1.807) is 29.5 Å². The molecule has 1 fully saturated rings. The third-order valence-electron chi connectivity index (χ3n) is 3.98. The van der Waals surface area contributed by atoms with Crippen molar-refractivity contribution in [3.05, 3.63) is 45.9 Å². The molecule has 1 aromatic carbocycles. The van der Waals surface area contributed by atoms with Gasteiger partial charge in [-0.25, -0.2) is 4.98 Å². The standard InChI is InChI=1S/C17H21N3O3S/c1-11-20-14(10-24-11)9-23-15-4-2-3-12(5-15)17(22)19-7-13-6-18-8-16(13)21/h2-5,10,13,16,18,21H,6-9H2,1H3,(H,19,22). The predicted molar refractivity (Wildman–Crippen MR) is 92.3 cm³/mol. The molecule has 2 aromatic rings. The molecule has 1 aromatic heterocycles. The number of amides is 1. The average Bonchev–Trinajstić information content (AvgIpc) is 3.19. The fourth-order valence-corrected chi connectivity index (χ4v) is 3.21. The average molecular weight is 347 g/mol. The number of carbonyl (C=O) groups excluding carboxylic acids is 1. The van der Waals surface area contributed by atoms with Crippen LogP contribution in [0.2, 0.25) is 0 Å². The Morgan fingerprint density at radius 1 is 1.50 bits per heavy atom. The predicted octanol–water partition coefficient (Wildman–Crippen LogP) is 1.34. The number of ether oxygens (including phenoxy) is 1. The summed E-state index contributed by atoms with van der Waals surface area (Å²) in [5, 5.41) is 18.7. The van der Waals surface area contributed by atoms with E-state index in [0.717, 1.165) is 17.2 Å². The van der Waals surface area contributed by atoms with Crippen LogP contribution in [-0.2, 0) is 6.61 Å². The molecule has 0 saturated carbocycles. The van der Waals surface area contributed by atoms with Crippen LogP contribution in [0, 0.1) is 12.8 Å². The Hall–Kier alpha value is -1.96. The van der Waals surface area contributed by atoms with Crippen LogP contribution in [0.5, 0.6) is 5.75 Å². The Balaban J connectivity index is 1.54. The minimum atomic E-state index is -0.401. The lowest BCUT2D eigenvalue weighted by Crippen LogP contribution is -2.34. The zero-order valence-electron chi connectivity index (χ0n) is 13.5. The molecule has 6 nitrogen and oxygen atoms in total. The largest absolute Gasteiger partial charge is 0.487 e. The summed E-state index contributed by atoms with van der Waals surface area (Å²) in [4.78, 5) is 16.6. The first-order valence-corrected chi connectivity index (χ1v) is 8.80. The highest BCUT2D eigenvalue weighted by Crippen LogP contribution is 2.16. The molecule has 1 amide bonds. The van der Waals surface area contributed by atoms with E-state index in [1.165, 1.54) is 0 Å². The molecule has 0 radical (unpaired) electrons.